The van der Waals surface area contributed by atoms with Crippen LogP contribution in [0.5, 0.6) is 0 Å². The van der Waals surface area contributed by atoms with E-state index in [0.29, 0.717) is 32.7 Å². The maximum absolute atomic E-state index is 12.8. The molecule has 1 saturated heterocycles. The molecule has 2 aromatic carbocycles. The molecule has 0 spiro atoms. The number of nitro benzene ring substituents is 1. The van der Waals surface area contributed by atoms with Crippen molar-refractivity contribution in [3.05, 3.63) is 69.8 Å². The minimum absolute atomic E-state index is 0.0408. The number of hydrogen-bond acceptors (Lipinski definition) is 7. The molecule has 10 heteroatoms. The summed E-state index contributed by atoms with van der Waals surface area (Å²) in [5.41, 5.74) is 1.14. The molecule has 0 radical (unpaired) electrons. The second-order valence-corrected chi connectivity index (χ2v) is 8.56. The third-order valence-corrected chi connectivity index (χ3v) is 6.68. The Morgan fingerprint density at radius 2 is 1.76 bits per heavy atom. The lowest BCUT2D eigenvalue weighted by atomic mass is 10.2. The van der Waals surface area contributed by atoms with Crippen molar-refractivity contribution in [3.8, 4) is 0 Å². The quantitative estimate of drug-likeness (QED) is 0.399. The lowest BCUT2D eigenvalue weighted by Crippen LogP contribution is -2.48. The van der Waals surface area contributed by atoms with Crippen LogP contribution in [-0.4, -0.2) is 61.8 Å². The molecule has 1 fully saturated rings. The van der Waals surface area contributed by atoms with Gasteiger partial charge in [0.1, 0.15) is 0 Å². The first-order valence-corrected chi connectivity index (χ1v) is 10.4. The van der Waals surface area contributed by atoms with Crippen LogP contribution in [0.4, 0.5) is 5.69 Å². The Hall–Kier alpha value is -2.82. The summed E-state index contributed by atoms with van der Waals surface area (Å²) in [5.74, 6) is -0.524. The maximum atomic E-state index is 12.8. The second-order valence-electron chi connectivity index (χ2n) is 6.62. The zero-order valence-electron chi connectivity index (χ0n) is 15.9. The molecule has 0 aliphatic carbocycles. The Labute approximate surface area is 168 Å². The molecular formula is C19H21N3O6S. The molecule has 0 N–H and O–H groups in total. The number of non-ortho nitro benzene ring substituents is 1. The van der Waals surface area contributed by atoms with E-state index in [1.165, 1.54) is 47.8 Å². The van der Waals surface area contributed by atoms with Crippen LogP contribution in [0, 0.1) is 10.1 Å². The summed E-state index contributed by atoms with van der Waals surface area (Å²) in [4.78, 5) is 24.1. The standard InChI is InChI=1S/C19H21N3O6S/c1-28-19(23)16-5-7-18(8-6-16)29(26,27)21-11-9-20(10-12-21)14-15-3-2-4-17(13-15)22(24)25/h2-8,13H,9-12,14H2,1H3. The van der Waals surface area contributed by atoms with E-state index in [2.05, 4.69) is 9.64 Å². The number of rotatable bonds is 6. The summed E-state index contributed by atoms with van der Waals surface area (Å²) in [5, 5.41) is 10.9. The van der Waals surface area contributed by atoms with E-state index in [0.717, 1.165) is 5.56 Å². The summed E-state index contributed by atoms with van der Waals surface area (Å²) in [7, 11) is -2.40. The number of carbonyl (C=O) groups excluding carboxylic acids is 1. The predicted octanol–water partition coefficient (Wildman–Crippen LogP) is 1.89. The van der Waals surface area contributed by atoms with Gasteiger partial charge in [-0.2, -0.15) is 4.31 Å². The van der Waals surface area contributed by atoms with E-state index in [1.54, 1.807) is 6.07 Å². The molecule has 9 nitrogen and oxygen atoms in total. The number of nitro groups is 1. The van der Waals surface area contributed by atoms with Gasteiger partial charge in [0.2, 0.25) is 10.0 Å². The van der Waals surface area contributed by atoms with E-state index in [4.69, 9.17) is 0 Å². The molecule has 2 aromatic rings. The highest BCUT2D eigenvalue weighted by molar-refractivity contribution is 7.89. The molecule has 1 aliphatic rings. The number of carbonyl (C=O) groups is 1. The third kappa shape index (κ3) is 4.78. The first-order valence-electron chi connectivity index (χ1n) is 8.95. The van der Waals surface area contributed by atoms with Crippen LogP contribution in [-0.2, 0) is 21.3 Å². The van der Waals surface area contributed by atoms with Gasteiger partial charge in [0.25, 0.3) is 5.69 Å². The van der Waals surface area contributed by atoms with Gasteiger partial charge < -0.3 is 4.74 Å². The van der Waals surface area contributed by atoms with E-state index >= 15 is 0 Å². The lowest BCUT2D eigenvalue weighted by Gasteiger charge is -2.34. The van der Waals surface area contributed by atoms with Crippen LogP contribution >= 0.6 is 0 Å². The van der Waals surface area contributed by atoms with Crippen LogP contribution in [0.2, 0.25) is 0 Å². The molecule has 154 valence electrons. The number of sulfonamides is 1. The number of methoxy groups -OCH3 is 1. The Kier molecular flexibility index (Phi) is 6.26. The number of hydrogen-bond donors (Lipinski definition) is 0. The molecule has 3 rings (SSSR count). The molecule has 1 heterocycles. The van der Waals surface area contributed by atoms with Crippen molar-refractivity contribution in [1.82, 2.24) is 9.21 Å². The third-order valence-electron chi connectivity index (χ3n) is 4.77. The molecular weight excluding hydrogens is 398 g/mol. The number of piperazine rings is 1. The van der Waals surface area contributed by atoms with Crippen molar-refractivity contribution in [2.75, 3.05) is 33.3 Å². The van der Waals surface area contributed by atoms with Crippen molar-refractivity contribution in [3.63, 3.8) is 0 Å². The minimum Gasteiger partial charge on any atom is -0.465 e. The van der Waals surface area contributed by atoms with Gasteiger partial charge in [-0.25, -0.2) is 13.2 Å². The molecule has 1 aliphatic heterocycles. The average Bonchev–Trinajstić information content (AvgIpc) is 2.74. The topological polar surface area (TPSA) is 110 Å². The van der Waals surface area contributed by atoms with E-state index in [-0.39, 0.29) is 16.1 Å². The summed E-state index contributed by atoms with van der Waals surface area (Å²) in [6.07, 6.45) is 0. The molecule has 0 unspecified atom stereocenters. The first-order chi connectivity index (χ1) is 13.8. The Morgan fingerprint density at radius 3 is 2.34 bits per heavy atom. The smallest absolute Gasteiger partial charge is 0.337 e. The van der Waals surface area contributed by atoms with Gasteiger partial charge in [0.15, 0.2) is 0 Å². The zero-order chi connectivity index (χ0) is 21.0. The summed E-state index contributed by atoms with van der Waals surface area (Å²) >= 11 is 0. The highest BCUT2D eigenvalue weighted by atomic mass is 32.2. The SMILES string of the molecule is COC(=O)c1ccc(S(=O)(=O)N2CCN(Cc3cccc([N+](=O)[O-])c3)CC2)cc1. The summed E-state index contributed by atoms with van der Waals surface area (Å²) < 4.78 is 31.7. The molecule has 0 amide bonds. The monoisotopic (exact) mass is 419 g/mol. The predicted molar refractivity (Wildman–Crippen MR) is 105 cm³/mol. The molecule has 29 heavy (non-hydrogen) atoms. The fraction of sp³-hybridized carbons (Fsp3) is 0.316. The van der Waals surface area contributed by atoms with Gasteiger partial charge in [0, 0.05) is 44.9 Å². The number of benzene rings is 2. The molecule has 0 aromatic heterocycles. The largest absolute Gasteiger partial charge is 0.465 e. The van der Waals surface area contributed by atoms with E-state index in [9.17, 15) is 23.3 Å². The Balaban J connectivity index is 1.63. The van der Waals surface area contributed by atoms with Crippen molar-refractivity contribution in [2.24, 2.45) is 0 Å². The highest BCUT2D eigenvalue weighted by Gasteiger charge is 2.28. The molecule has 0 bridgehead atoms. The van der Waals surface area contributed by atoms with E-state index in [1.807, 2.05) is 6.07 Å². The van der Waals surface area contributed by atoms with E-state index < -0.39 is 20.9 Å². The van der Waals surface area contributed by atoms with Crippen molar-refractivity contribution in [1.29, 1.82) is 0 Å². The molecule has 0 saturated carbocycles. The first kappa shape index (κ1) is 20.9. The number of esters is 1. The van der Waals surface area contributed by atoms with Gasteiger partial charge in [-0.3, -0.25) is 15.0 Å². The Bertz CT molecular complexity index is 999. The van der Waals surface area contributed by atoms with Gasteiger partial charge in [0.05, 0.1) is 22.5 Å². The normalized spacial score (nSPS) is 15.8. The van der Waals surface area contributed by atoms with Crippen molar-refractivity contribution >= 4 is 21.7 Å². The van der Waals surface area contributed by atoms with Crippen LogP contribution in [0.15, 0.2) is 53.4 Å². The van der Waals surface area contributed by atoms with Crippen LogP contribution in [0.25, 0.3) is 0 Å². The van der Waals surface area contributed by atoms with Crippen LogP contribution < -0.4 is 0 Å². The summed E-state index contributed by atoms with van der Waals surface area (Å²) in [6, 6.07) is 12.1. The van der Waals surface area contributed by atoms with Crippen molar-refractivity contribution in [2.45, 2.75) is 11.4 Å². The molecule has 0 atom stereocenters. The van der Waals surface area contributed by atoms with Crippen LogP contribution in [0.3, 0.4) is 0 Å². The summed E-state index contributed by atoms with van der Waals surface area (Å²) in [6.45, 7) is 2.18. The Morgan fingerprint density at radius 1 is 1.10 bits per heavy atom. The minimum atomic E-state index is -3.66. The maximum Gasteiger partial charge on any atom is 0.337 e. The fourth-order valence-corrected chi connectivity index (χ4v) is 4.61. The number of nitrogens with zero attached hydrogens (tertiary/aromatic N) is 3. The van der Waals surface area contributed by atoms with Gasteiger partial charge >= 0.3 is 5.97 Å². The van der Waals surface area contributed by atoms with Crippen LogP contribution in [0.1, 0.15) is 15.9 Å². The zero-order valence-corrected chi connectivity index (χ0v) is 16.7. The van der Waals surface area contributed by atoms with Gasteiger partial charge in [-0.1, -0.05) is 12.1 Å². The average molecular weight is 419 g/mol. The van der Waals surface area contributed by atoms with Crippen molar-refractivity contribution < 1.29 is 22.9 Å². The lowest BCUT2D eigenvalue weighted by molar-refractivity contribution is -0.384. The number of ether oxygens (including phenoxy) is 1. The highest BCUT2D eigenvalue weighted by Crippen LogP contribution is 2.20. The van der Waals surface area contributed by atoms with Gasteiger partial charge in [-0.15, -0.1) is 0 Å². The second kappa shape index (κ2) is 8.68. The fourth-order valence-electron chi connectivity index (χ4n) is 3.18. The van der Waals surface area contributed by atoms with Gasteiger partial charge in [-0.05, 0) is 29.8 Å².